The number of nitrogens with zero attached hydrogens (tertiary/aromatic N) is 6. The molecule has 4 aromatic rings. The summed E-state index contributed by atoms with van der Waals surface area (Å²) >= 11 is 5.78. The molecule has 2 atom stereocenters. The van der Waals surface area contributed by atoms with Crippen LogP contribution in [-0.2, 0) is 4.79 Å². The highest BCUT2D eigenvalue weighted by molar-refractivity contribution is 7.80. The van der Waals surface area contributed by atoms with Crippen molar-refractivity contribution >= 4 is 28.9 Å². The molecule has 36 heavy (non-hydrogen) atoms. The number of rotatable bonds is 7. The van der Waals surface area contributed by atoms with Gasteiger partial charge in [0.2, 0.25) is 5.91 Å². The average Bonchev–Trinajstić information content (AvgIpc) is 3.56. The Kier molecular flexibility index (Phi) is 6.51. The number of aromatic nitrogens is 5. The fourth-order valence-corrected chi connectivity index (χ4v) is 5.22. The molecule has 0 saturated carbocycles. The van der Waals surface area contributed by atoms with Gasteiger partial charge in [0.25, 0.3) is 0 Å². The van der Waals surface area contributed by atoms with Gasteiger partial charge in [0.1, 0.15) is 12.7 Å². The highest BCUT2D eigenvalue weighted by Crippen LogP contribution is 2.40. The molecular formula is C26H28N8OS. The highest BCUT2D eigenvalue weighted by Gasteiger charge is 2.41. The van der Waals surface area contributed by atoms with Crippen LogP contribution in [0.25, 0.3) is 0 Å². The molecule has 0 radical (unpaired) electrons. The quantitative estimate of drug-likeness (QED) is 0.374. The molecule has 1 aliphatic rings. The van der Waals surface area contributed by atoms with Crippen LogP contribution in [0.3, 0.4) is 0 Å². The number of nitrogens with one attached hydrogen (secondary N) is 2. The summed E-state index contributed by atoms with van der Waals surface area (Å²) in [5, 5.41) is 15.0. The number of benzene rings is 1. The summed E-state index contributed by atoms with van der Waals surface area (Å²) in [6.07, 6.45) is 5.43. The maximum Gasteiger partial charge on any atom is 0.226 e. The number of amides is 1. The van der Waals surface area contributed by atoms with Crippen molar-refractivity contribution in [2.45, 2.75) is 39.3 Å². The van der Waals surface area contributed by atoms with Crippen molar-refractivity contribution in [3.63, 3.8) is 0 Å². The van der Waals surface area contributed by atoms with Crippen LogP contribution in [0.15, 0.2) is 67.4 Å². The van der Waals surface area contributed by atoms with E-state index in [4.69, 9.17) is 12.2 Å². The van der Waals surface area contributed by atoms with Crippen LogP contribution >= 0.6 is 12.2 Å². The van der Waals surface area contributed by atoms with Crippen molar-refractivity contribution in [2.75, 3.05) is 11.9 Å². The molecule has 1 saturated heterocycles. The Bertz CT molecular complexity index is 1380. The van der Waals surface area contributed by atoms with E-state index in [2.05, 4.69) is 48.4 Å². The lowest BCUT2D eigenvalue weighted by Gasteiger charge is -2.28. The van der Waals surface area contributed by atoms with Crippen molar-refractivity contribution in [3.8, 4) is 0 Å². The maximum atomic E-state index is 12.8. The monoisotopic (exact) mass is 500 g/mol. The summed E-state index contributed by atoms with van der Waals surface area (Å²) in [5.41, 5.74) is 5.96. The van der Waals surface area contributed by atoms with Gasteiger partial charge in [-0.15, -0.1) is 10.2 Å². The minimum Gasteiger partial charge on any atom is -0.352 e. The average molecular weight is 501 g/mol. The van der Waals surface area contributed by atoms with Crippen LogP contribution in [-0.4, -0.2) is 47.0 Å². The molecule has 2 N–H and O–H groups in total. The fraction of sp³-hybridized carbons (Fsp3) is 0.269. The summed E-state index contributed by atoms with van der Waals surface area (Å²) in [5.74, 6) is -0.0570. The van der Waals surface area contributed by atoms with E-state index in [0.29, 0.717) is 18.1 Å². The second kappa shape index (κ2) is 9.90. The summed E-state index contributed by atoms with van der Waals surface area (Å²) in [6.45, 7) is 6.59. The smallest absolute Gasteiger partial charge is 0.226 e. The fourth-order valence-electron chi connectivity index (χ4n) is 4.88. The molecule has 2 unspecified atom stereocenters. The maximum absolute atomic E-state index is 12.8. The Morgan fingerprint density at radius 2 is 1.89 bits per heavy atom. The lowest BCUT2D eigenvalue weighted by atomic mass is 9.96. The van der Waals surface area contributed by atoms with E-state index in [9.17, 15) is 4.79 Å². The summed E-state index contributed by atoms with van der Waals surface area (Å²) in [4.78, 5) is 19.5. The molecule has 0 aliphatic carbocycles. The zero-order valence-corrected chi connectivity index (χ0v) is 21.2. The van der Waals surface area contributed by atoms with Crippen molar-refractivity contribution in [1.29, 1.82) is 0 Å². The second-order valence-electron chi connectivity index (χ2n) is 8.97. The van der Waals surface area contributed by atoms with Crippen LogP contribution in [0.4, 0.5) is 5.69 Å². The first-order valence-electron chi connectivity index (χ1n) is 11.8. The molecule has 0 bridgehead atoms. The van der Waals surface area contributed by atoms with E-state index in [1.807, 2.05) is 61.0 Å². The van der Waals surface area contributed by atoms with Crippen molar-refractivity contribution < 1.29 is 4.79 Å². The van der Waals surface area contributed by atoms with Gasteiger partial charge in [-0.1, -0.05) is 18.2 Å². The summed E-state index contributed by atoms with van der Waals surface area (Å²) in [6, 6.07) is 15.5. The predicted octanol–water partition coefficient (Wildman–Crippen LogP) is 3.71. The molecular weight excluding hydrogens is 472 g/mol. The van der Waals surface area contributed by atoms with E-state index in [1.165, 1.54) is 0 Å². The van der Waals surface area contributed by atoms with Gasteiger partial charge >= 0.3 is 0 Å². The first-order valence-corrected chi connectivity index (χ1v) is 12.2. The van der Waals surface area contributed by atoms with Crippen LogP contribution < -0.4 is 10.6 Å². The Morgan fingerprint density at radius 3 is 2.61 bits per heavy atom. The number of hydrogen-bond donors (Lipinski definition) is 2. The Morgan fingerprint density at radius 1 is 1.08 bits per heavy atom. The van der Waals surface area contributed by atoms with Gasteiger partial charge in [-0.3, -0.25) is 14.5 Å². The standard InChI is InChI=1S/C26H28N8OS/c1-17-7-6-8-20(13-17)30-23(35)10-12-33-25(24(31-26(33)36)22-9-4-5-11-27-22)21-14-18(2)34(19(21)3)32-15-28-29-16-32/h4-9,11,13-16,24-25H,10,12H2,1-3H3,(H,30,35)(H,31,36). The minimum atomic E-state index is -0.159. The number of aryl methyl sites for hydroxylation is 2. The summed E-state index contributed by atoms with van der Waals surface area (Å²) in [7, 11) is 0. The number of carbonyl (C=O) groups excluding carboxylic acids is 1. The lowest BCUT2D eigenvalue weighted by molar-refractivity contribution is -0.116. The number of thiocarbonyl (C=S) groups is 1. The molecule has 5 rings (SSSR count). The molecule has 0 spiro atoms. The van der Waals surface area contributed by atoms with Crippen LogP contribution in [0.2, 0.25) is 0 Å². The second-order valence-corrected chi connectivity index (χ2v) is 9.35. The van der Waals surface area contributed by atoms with Crippen molar-refractivity contribution in [1.82, 2.24) is 34.8 Å². The van der Waals surface area contributed by atoms with Gasteiger partial charge in [-0.25, -0.2) is 4.68 Å². The van der Waals surface area contributed by atoms with E-state index < -0.39 is 0 Å². The molecule has 3 aromatic heterocycles. The third-order valence-electron chi connectivity index (χ3n) is 6.47. The van der Waals surface area contributed by atoms with Gasteiger partial charge in [-0.05, 0) is 68.9 Å². The Labute approximate surface area is 215 Å². The normalized spacial score (nSPS) is 17.3. The first-order chi connectivity index (χ1) is 17.4. The Hall–Kier alpha value is -4.05. The Balaban J connectivity index is 1.45. The van der Waals surface area contributed by atoms with Crippen molar-refractivity contribution in [2.24, 2.45) is 0 Å². The van der Waals surface area contributed by atoms with Gasteiger partial charge in [0, 0.05) is 41.8 Å². The van der Waals surface area contributed by atoms with Crippen LogP contribution in [0.5, 0.6) is 0 Å². The number of pyridine rings is 1. The van der Waals surface area contributed by atoms with Crippen LogP contribution in [0, 0.1) is 20.8 Å². The van der Waals surface area contributed by atoms with Crippen LogP contribution in [0.1, 0.15) is 46.7 Å². The molecule has 9 nitrogen and oxygen atoms in total. The van der Waals surface area contributed by atoms with E-state index >= 15 is 0 Å². The largest absolute Gasteiger partial charge is 0.352 e. The van der Waals surface area contributed by atoms with Gasteiger partial charge < -0.3 is 15.5 Å². The zero-order valence-electron chi connectivity index (χ0n) is 20.4. The zero-order chi connectivity index (χ0) is 25.2. The SMILES string of the molecule is Cc1cccc(NC(=O)CCN2C(=S)NC(c3ccccn3)C2c2cc(C)n(-n3cnnc3)c2C)c1. The molecule has 1 amide bonds. The minimum absolute atomic E-state index is 0.0570. The number of anilines is 1. The van der Waals surface area contributed by atoms with Gasteiger partial charge in [-0.2, -0.15) is 0 Å². The summed E-state index contributed by atoms with van der Waals surface area (Å²) < 4.78 is 3.92. The number of hydrogen-bond acceptors (Lipinski definition) is 5. The van der Waals surface area contributed by atoms with Crippen molar-refractivity contribution in [3.05, 3.63) is 95.6 Å². The molecule has 10 heteroatoms. The molecule has 1 aliphatic heterocycles. The highest BCUT2D eigenvalue weighted by atomic mass is 32.1. The van der Waals surface area contributed by atoms with Gasteiger partial charge in [0.15, 0.2) is 5.11 Å². The van der Waals surface area contributed by atoms with E-state index in [-0.39, 0.29) is 18.0 Å². The first kappa shape index (κ1) is 23.7. The predicted molar refractivity (Wildman–Crippen MR) is 141 cm³/mol. The molecule has 1 aromatic carbocycles. The number of carbonyl (C=O) groups is 1. The molecule has 184 valence electrons. The third-order valence-corrected chi connectivity index (χ3v) is 6.82. The third kappa shape index (κ3) is 4.59. The topological polar surface area (TPSA) is 92.9 Å². The van der Waals surface area contributed by atoms with Gasteiger partial charge in [0.05, 0.1) is 17.8 Å². The lowest BCUT2D eigenvalue weighted by Crippen LogP contribution is -2.33. The molecule has 1 fully saturated rings. The van der Waals surface area contributed by atoms with E-state index in [1.54, 1.807) is 18.9 Å². The molecule has 4 heterocycles. The van der Waals surface area contributed by atoms with E-state index in [0.717, 1.165) is 33.9 Å².